The average Bonchev–Trinajstić information content (AvgIpc) is 2.39. The highest BCUT2D eigenvalue weighted by Crippen LogP contribution is 2.30. The van der Waals surface area contributed by atoms with Crippen LogP contribution >= 0.6 is 15.9 Å². The second-order valence-corrected chi connectivity index (χ2v) is 7.46. The molecule has 0 aliphatic rings. The number of methoxy groups -OCH3 is 1. The number of hydrogen-bond donors (Lipinski definition) is 2. The van der Waals surface area contributed by atoms with Crippen LogP contribution in [-0.4, -0.2) is 21.8 Å². The molecule has 2 rings (SSSR count). The van der Waals surface area contributed by atoms with E-state index in [2.05, 4.69) is 21.2 Å². The van der Waals surface area contributed by atoms with Crippen LogP contribution in [-0.2, 0) is 9.84 Å². The van der Waals surface area contributed by atoms with Crippen LogP contribution in [0, 0.1) is 0 Å². The maximum atomic E-state index is 11.5. The lowest BCUT2D eigenvalue weighted by Crippen LogP contribution is -2.01. The number of sulfone groups is 1. The molecule has 21 heavy (non-hydrogen) atoms. The van der Waals surface area contributed by atoms with E-state index in [9.17, 15) is 8.42 Å². The van der Waals surface area contributed by atoms with Crippen molar-refractivity contribution in [1.82, 2.24) is 0 Å². The number of nitrogens with one attached hydrogen (secondary N) is 1. The van der Waals surface area contributed by atoms with Crippen molar-refractivity contribution in [2.45, 2.75) is 4.90 Å². The quantitative estimate of drug-likeness (QED) is 0.807. The average molecular weight is 371 g/mol. The predicted molar refractivity (Wildman–Crippen MR) is 87.9 cm³/mol. The number of benzene rings is 2. The van der Waals surface area contributed by atoms with Crippen molar-refractivity contribution in [1.29, 1.82) is 0 Å². The van der Waals surface area contributed by atoms with Crippen LogP contribution in [0.2, 0.25) is 0 Å². The van der Waals surface area contributed by atoms with Gasteiger partial charge in [0, 0.05) is 22.5 Å². The molecule has 0 aliphatic heterocycles. The maximum absolute atomic E-state index is 11.5. The van der Waals surface area contributed by atoms with E-state index in [4.69, 9.17) is 10.5 Å². The molecule has 7 heteroatoms. The second-order valence-electron chi connectivity index (χ2n) is 4.53. The normalized spacial score (nSPS) is 11.2. The smallest absolute Gasteiger partial charge is 0.175 e. The molecule has 0 aromatic heterocycles. The summed E-state index contributed by atoms with van der Waals surface area (Å²) in [6.07, 6.45) is 1.15. The number of nitrogen functional groups attached to an aromatic ring is 1. The summed E-state index contributed by atoms with van der Waals surface area (Å²) in [4.78, 5) is 0.192. The van der Waals surface area contributed by atoms with Gasteiger partial charge in [0.15, 0.2) is 9.84 Å². The molecule has 112 valence electrons. The van der Waals surface area contributed by atoms with Crippen LogP contribution in [0.5, 0.6) is 5.75 Å². The van der Waals surface area contributed by atoms with E-state index < -0.39 is 9.84 Å². The Morgan fingerprint density at radius 1 is 1.19 bits per heavy atom. The van der Waals surface area contributed by atoms with Gasteiger partial charge in [-0.25, -0.2) is 8.42 Å². The van der Waals surface area contributed by atoms with Gasteiger partial charge in [0.25, 0.3) is 0 Å². The SMILES string of the molecule is COc1cc(Br)cc(Nc2ccc(S(C)(=O)=O)cc2N)c1. The van der Waals surface area contributed by atoms with Crippen molar-refractivity contribution in [3.63, 3.8) is 0 Å². The highest BCUT2D eigenvalue weighted by Gasteiger charge is 2.10. The van der Waals surface area contributed by atoms with Gasteiger partial charge in [0.05, 0.1) is 23.4 Å². The zero-order valence-electron chi connectivity index (χ0n) is 11.6. The minimum atomic E-state index is -3.27. The van der Waals surface area contributed by atoms with Gasteiger partial charge in [-0.15, -0.1) is 0 Å². The fourth-order valence-corrected chi connectivity index (χ4v) is 2.92. The maximum Gasteiger partial charge on any atom is 0.175 e. The molecule has 0 saturated heterocycles. The van der Waals surface area contributed by atoms with Crippen LogP contribution in [0.25, 0.3) is 0 Å². The first kappa shape index (κ1) is 15.7. The third-order valence-corrected chi connectivity index (χ3v) is 4.41. The summed E-state index contributed by atoms with van der Waals surface area (Å²) in [5, 5.41) is 3.14. The first-order chi connectivity index (χ1) is 9.79. The highest BCUT2D eigenvalue weighted by atomic mass is 79.9. The molecule has 0 bridgehead atoms. The molecule has 0 heterocycles. The number of anilines is 3. The van der Waals surface area contributed by atoms with Crippen molar-refractivity contribution < 1.29 is 13.2 Å². The van der Waals surface area contributed by atoms with Gasteiger partial charge in [0.2, 0.25) is 0 Å². The molecular weight excluding hydrogens is 356 g/mol. The molecule has 0 amide bonds. The molecular formula is C14H15BrN2O3S. The third-order valence-electron chi connectivity index (χ3n) is 2.84. The van der Waals surface area contributed by atoms with E-state index >= 15 is 0 Å². The van der Waals surface area contributed by atoms with Crippen molar-refractivity contribution in [2.24, 2.45) is 0 Å². The topological polar surface area (TPSA) is 81.4 Å². The molecule has 0 unspecified atom stereocenters. The molecule has 0 fully saturated rings. The lowest BCUT2D eigenvalue weighted by atomic mass is 10.2. The third kappa shape index (κ3) is 3.89. The number of ether oxygens (including phenoxy) is 1. The monoisotopic (exact) mass is 370 g/mol. The van der Waals surface area contributed by atoms with Crippen molar-refractivity contribution in [3.8, 4) is 5.75 Å². The summed E-state index contributed by atoms with van der Waals surface area (Å²) >= 11 is 3.39. The first-order valence-corrected chi connectivity index (χ1v) is 8.69. The summed E-state index contributed by atoms with van der Waals surface area (Å²) in [5.41, 5.74) is 7.67. The fraction of sp³-hybridized carbons (Fsp3) is 0.143. The Morgan fingerprint density at radius 2 is 1.90 bits per heavy atom. The minimum Gasteiger partial charge on any atom is -0.497 e. The second kappa shape index (κ2) is 5.95. The van der Waals surface area contributed by atoms with Gasteiger partial charge in [0.1, 0.15) is 5.75 Å². The van der Waals surface area contributed by atoms with Gasteiger partial charge in [-0.2, -0.15) is 0 Å². The molecule has 5 nitrogen and oxygen atoms in total. The van der Waals surface area contributed by atoms with Crippen LogP contribution in [0.1, 0.15) is 0 Å². The van der Waals surface area contributed by atoms with E-state index in [-0.39, 0.29) is 4.90 Å². The zero-order valence-corrected chi connectivity index (χ0v) is 14.0. The largest absolute Gasteiger partial charge is 0.497 e. The minimum absolute atomic E-state index is 0.192. The summed E-state index contributed by atoms with van der Waals surface area (Å²) in [5.74, 6) is 0.693. The molecule has 0 saturated carbocycles. The molecule has 0 radical (unpaired) electrons. The Kier molecular flexibility index (Phi) is 4.43. The van der Waals surface area contributed by atoms with Gasteiger partial charge < -0.3 is 15.8 Å². The van der Waals surface area contributed by atoms with Crippen molar-refractivity contribution in [2.75, 3.05) is 24.4 Å². The Labute approximate surface area is 132 Å². The molecule has 2 aromatic carbocycles. The van der Waals surface area contributed by atoms with Crippen LogP contribution < -0.4 is 15.8 Å². The van der Waals surface area contributed by atoms with Crippen LogP contribution in [0.15, 0.2) is 45.8 Å². The zero-order chi connectivity index (χ0) is 15.6. The van der Waals surface area contributed by atoms with Crippen LogP contribution in [0.4, 0.5) is 17.1 Å². The summed E-state index contributed by atoms with van der Waals surface area (Å²) < 4.78 is 29.0. The summed E-state index contributed by atoms with van der Waals surface area (Å²) in [6.45, 7) is 0. The van der Waals surface area contributed by atoms with E-state index in [1.165, 1.54) is 12.1 Å². The summed E-state index contributed by atoms with van der Waals surface area (Å²) in [6, 6.07) is 10.1. The molecule has 0 spiro atoms. The number of rotatable bonds is 4. The van der Waals surface area contributed by atoms with E-state index in [0.29, 0.717) is 17.1 Å². The molecule has 0 atom stereocenters. The van der Waals surface area contributed by atoms with Gasteiger partial charge in [-0.3, -0.25) is 0 Å². The van der Waals surface area contributed by atoms with E-state index in [1.54, 1.807) is 13.2 Å². The standard InChI is InChI=1S/C14H15BrN2O3S/c1-20-11-6-9(15)5-10(7-11)17-14-4-3-12(8-13(14)16)21(2,18)19/h3-8,17H,16H2,1-2H3. The Hall–Kier alpha value is -1.73. The fourth-order valence-electron chi connectivity index (χ4n) is 1.79. The highest BCUT2D eigenvalue weighted by molar-refractivity contribution is 9.10. The Balaban J connectivity index is 2.34. The van der Waals surface area contributed by atoms with Gasteiger partial charge in [-0.1, -0.05) is 15.9 Å². The lowest BCUT2D eigenvalue weighted by molar-refractivity contribution is 0.415. The van der Waals surface area contributed by atoms with Crippen molar-refractivity contribution in [3.05, 3.63) is 40.9 Å². The molecule has 2 aromatic rings. The number of halogens is 1. The number of nitrogens with two attached hydrogens (primary N) is 1. The molecule has 3 N–H and O–H groups in total. The van der Waals surface area contributed by atoms with E-state index in [0.717, 1.165) is 16.4 Å². The van der Waals surface area contributed by atoms with Gasteiger partial charge in [-0.05, 0) is 30.3 Å². The van der Waals surface area contributed by atoms with Crippen molar-refractivity contribution >= 4 is 42.8 Å². The summed E-state index contributed by atoms with van der Waals surface area (Å²) in [7, 11) is -1.68. The predicted octanol–water partition coefficient (Wildman–Crippen LogP) is 3.19. The van der Waals surface area contributed by atoms with Gasteiger partial charge >= 0.3 is 0 Å². The number of hydrogen-bond acceptors (Lipinski definition) is 5. The molecule has 0 aliphatic carbocycles. The Bertz CT molecular complexity index is 776. The van der Waals surface area contributed by atoms with Crippen LogP contribution in [0.3, 0.4) is 0 Å². The Morgan fingerprint density at radius 3 is 2.48 bits per heavy atom. The first-order valence-electron chi connectivity index (χ1n) is 6.01. The van der Waals surface area contributed by atoms with E-state index in [1.807, 2.05) is 18.2 Å². The lowest BCUT2D eigenvalue weighted by Gasteiger charge is -2.12.